The van der Waals surface area contributed by atoms with E-state index in [9.17, 15) is 8.42 Å². The molecule has 0 spiro atoms. The second kappa shape index (κ2) is 5.09. The van der Waals surface area contributed by atoms with E-state index in [1.165, 1.54) is 0 Å². The number of sulfonamides is 1. The third-order valence-corrected chi connectivity index (χ3v) is 4.58. The fourth-order valence-electron chi connectivity index (χ4n) is 1.70. The van der Waals surface area contributed by atoms with E-state index in [4.69, 9.17) is 4.74 Å². The molecule has 14 heavy (non-hydrogen) atoms. The van der Waals surface area contributed by atoms with E-state index < -0.39 is 10.0 Å². The molecule has 1 fully saturated rings. The van der Waals surface area contributed by atoms with Crippen molar-refractivity contribution in [2.45, 2.75) is 32.7 Å². The summed E-state index contributed by atoms with van der Waals surface area (Å²) >= 11 is 0. The Labute approximate surface area is 86.3 Å². The minimum Gasteiger partial charge on any atom is -0.378 e. The molecule has 1 heterocycles. The lowest BCUT2D eigenvalue weighted by molar-refractivity contribution is 0.0314. The van der Waals surface area contributed by atoms with Crippen molar-refractivity contribution in [3.05, 3.63) is 0 Å². The van der Waals surface area contributed by atoms with Crippen LogP contribution < -0.4 is 0 Å². The number of morpholine rings is 1. The molecule has 0 aliphatic carbocycles. The Morgan fingerprint density at radius 1 is 1.43 bits per heavy atom. The highest BCUT2D eigenvalue weighted by molar-refractivity contribution is 7.89. The Kier molecular flexibility index (Phi) is 4.34. The summed E-state index contributed by atoms with van der Waals surface area (Å²) in [6.45, 7) is 5.46. The molecule has 0 bridgehead atoms. The summed E-state index contributed by atoms with van der Waals surface area (Å²) in [6, 6.07) is 0.0419. The second-order valence-corrected chi connectivity index (χ2v) is 5.60. The van der Waals surface area contributed by atoms with Crippen molar-refractivity contribution in [1.29, 1.82) is 0 Å². The Bertz CT molecular complexity index is 263. The van der Waals surface area contributed by atoms with Crippen LogP contribution in [0.25, 0.3) is 0 Å². The lowest BCUT2D eigenvalue weighted by Crippen LogP contribution is -2.49. The van der Waals surface area contributed by atoms with Gasteiger partial charge in [-0.1, -0.05) is 13.8 Å². The molecule has 4 nitrogen and oxygen atoms in total. The van der Waals surface area contributed by atoms with Gasteiger partial charge in [-0.3, -0.25) is 0 Å². The van der Waals surface area contributed by atoms with Gasteiger partial charge in [-0.25, -0.2) is 8.42 Å². The van der Waals surface area contributed by atoms with E-state index in [0.717, 1.165) is 6.42 Å². The molecule has 0 radical (unpaired) electrons. The molecular formula is C9H19NO3S. The standard InChI is InChI=1S/C9H19NO3S/c1-3-7-14(11,12)10-5-6-13-8-9(10)4-2/h9H,3-8H2,1-2H3. The second-order valence-electron chi connectivity index (χ2n) is 3.56. The maximum Gasteiger partial charge on any atom is 0.214 e. The van der Waals surface area contributed by atoms with E-state index in [1.807, 2.05) is 13.8 Å². The van der Waals surface area contributed by atoms with Gasteiger partial charge >= 0.3 is 0 Å². The molecule has 1 aliphatic rings. The van der Waals surface area contributed by atoms with Gasteiger partial charge in [-0.2, -0.15) is 4.31 Å². The molecule has 5 heteroatoms. The van der Waals surface area contributed by atoms with Gasteiger partial charge in [0.15, 0.2) is 0 Å². The van der Waals surface area contributed by atoms with Crippen LogP contribution in [0.15, 0.2) is 0 Å². The zero-order valence-corrected chi connectivity index (χ0v) is 9.72. The van der Waals surface area contributed by atoms with E-state index in [0.29, 0.717) is 26.2 Å². The molecule has 1 unspecified atom stereocenters. The molecule has 0 aromatic rings. The predicted octanol–water partition coefficient (Wildman–Crippen LogP) is 0.837. The molecular weight excluding hydrogens is 202 g/mol. The summed E-state index contributed by atoms with van der Waals surface area (Å²) in [6.07, 6.45) is 1.50. The van der Waals surface area contributed by atoms with Crippen LogP contribution in [0.1, 0.15) is 26.7 Å². The van der Waals surface area contributed by atoms with Gasteiger partial charge in [0, 0.05) is 12.6 Å². The van der Waals surface area contributed by atoms with Gasteiger partial charge in [-0.05, 0) is 12.8 Å². The van der Waals surface area contributed by atoms with Crippen LogP contribution in [0.2, 0.25) is 0 Å². The lowest BCUT2D eigenvalue weighted by Gasteiger charge is -2.33. The third kappa shape index (κ3) is 2.68. The fraction of sp³-hybridized carbons (Fsp3) is 1.00. The Hall–Kier alpha value is -0.130. The highest BCUT2D eigenvalue weighted by Gasteiger charge is 2.30. The maximum absolute atomic E-state index is 11.8. The number of nitrogens with zero attached hydrogens (tertiary/aromatic N) is 1. The molecule has 1 rings (SSSR count). The molecule has 0 saturated carbocycles. The van der Waals surface area contributed by atoms with Gasteiger partial charge in [0.25, 0.3) is 0 Å². The van der Waals surface area contributed by atoms with E-state index in [-0.39, 0.29) is 11.8 Å². The van der Waals surface area contributed by atoms with E-state index >= 15 is 0 Å². The van der Waals surface area contributed by atoms with Crippen molar-refractivity contribution >= 4 is 10.0 Å². The summed E-state index contributed by atoms with van der Waals surface area (Å²) in [4.78, 5) is 0. The lowest BCUT2D eigenvalue weighted by atomic mass is 10.2. The number of hydrogen-bond acceptors (Lipinski definition) is 3. The number of rotatable bonds is 4. The highest BCUT2D eigenvalue weighted by atomic mass is 32.2. The fourth-order valence-corrected chi connectivity index (χ4v) is 3.47. The average molecular weight is 221 g/mol. The Balaban J connectivity index is 2.72. The normalized spacial score (nSPS) is 25.1. The van der Waals surface area contributed by atoms with Gasteiger partial charge in [-0.15, -0.1) is 0 Å². The molecule has 1 atom stereocenters. The molecule has 1 aliphatic heterocycles. The average Bonchev–Trinajstić information content (AvgIpc) is 2.18. The summed E-state index contributed by atoms with van der Waals surface area (Å²) in [5.41, 5.74) is 0. The SMILES string of the molecule is CCCS(=O)(=O)N1CCOCC1CC. The predicted molar refractivity (Wildman–Crippen MR) is 55.7 cm³/mol. The Morgan fingerprint density at radius 2 is 2.14 bits per heavy atom. The summed E-state index contributed by atoms with van der Waals surface area (Å²) in [7, 11) is -3.04. The first-order chi connectivity index (χ1) is 6.61. The molecule has 0 aromatic carbocycles. The van der Waals surface area contributed by atoms with Crippen molar-refractivity contribution in [3.63, 3.8) is 0 Å². The highest BCUT2D eigenvalue weighted by Crippen LogP contribution is 2.15. The monoisotopic (exact) mass is 221 g/mol. The minimum atomic E-state index is -3.04. The van der Waals surface area contributed by atoms with Crippen molar-refractivity contribution in [2.75, 3.05) is 25.5 Å². The summed E-state index contributed by atoms with van der Waals surface area (Å²) in [5.74, 6) is 0.253. The quantitative estimate of drug-likeness (QED) is 0.706. The number of hydrogen-bond donors (Lipinski definition) is 0. The zero-order valence-electron chi connectivity index (χ0n) is 8.90. The van der Waals surface area contributed by atoms with Crippen LogP contribution in [0.3, 0.4) is 0 Å². The summed E-state index contributed by atoms with van der Waals surface area (Å²) < 4.78 is 30.5. The molecule has 0 N–H and O–H groups in total. The molecule has 0 amide bonds. The maximum atomic E-state index is 11.8. The van der Waals surface area contributed by atoms with Gasteiger partial charge in [0.2, 0.25) is 10.0 Å². The molecule has 1 saturated heterocycles. The zero-order chi connectivity index (χ0) is 10.6. The summed E-state index contributed by atoms with van der Waals surface area (Å²) in [5, 5.41) is 0. The van der Waals surface area contributed by atoms with Crippen molar-refractivity contribution in [1.82, 2.24) is 4.31 Å². The van der Waals surface area contributed by atoms with Crippen LogP contribution >= 0.6 is 0 Å². The molecule has 0 aromatic heterocycles. The van der Waals surface area contributed by atoms with Crippen molar-refractivity contribution in [2.24, 2.45) is 0 Å². The van der Waals surface area contributed by atoms with Gasteiger partial charge in [0.05, 0.1) is 19.0 Å². The first kappa shape index (κ1) is 11.9. The first-order valence-electron chi connectivity index (χ1n) is 5.19. The minimum absolute atomic E-state index is 0.0419. The topological polar surface area (TPSA) is 46.6 Å². The van der Waals surface area contributed by atoms with Crippen molar-refractivity contribution < 1.29 is 13.2 Å². The largest absolute Gasteiger partial charge is 0.378 e. The van der Waals surface area contributed by atoms with Crippen LogP contribution in [0, 0.1) is 0 Å². The van der Waals surface area contributed by atoms with Crippen LogP contribution in [-0.4, -0.2) is 44.3 Å². The van der Waals surface area contributed by atoms with Crippen molar-refractivity contribution in [3.8, 4) is 0 Å². The van der Waals surface area contributed by atoms with Crippen LogP contribution in [0.4, 0.5) is 0 Å². The van der Waals surface area contributed by atoms with Crippen LogP contribution in [0.5, 0.6) is 0 Å². The van der Waals surface area contributed by atoms with Crippen LogP contribution in [-0.2, 0) is 14.8 Å². The molecule has 84 valence electrons. The third-order valence-electron chi connectivity index (χ3n) is 2.46. The first-order valence-corrected chi connectivity index (χ1v) is 6.80. The van der Waals surface area contributed by atoms with E-state index in [1.54, 1.807) is 4.31 Å². The van der Waals surface area contributed by atoms with Gasteiger partial charge in [0.1, 0.15) is 0 Å². The van der Waals surface area contributed by atoms with Gasteiger partial charge < -0.3 is 4.74 Å². The smallest absolute Gasteiger partial charge is 0.214 e. The Morgan fingerprint density at radius 3 is 2.71 bits per heavy atom. The van der Waals surface area contributed by atoms with E-state index in [2.05, 4.69) is 0 Å². The number of ether oxygens (including phenoxy) is 1.